The van der Waals surface area contributed by atoms with Crippen molar-refractivity contribution >= 4 is 46.1 Å². The molecule has 0 radical (unpaired) electrons. The molecule has 1 saturated carbocycles. The monoisotopic (exact) mass is 502 g/mol. The number of nitrogens with zero attached hydrogens (tertiary/aromatic N) is 2. The van der Waals surface area contributed by atoms with E-state index in [1.54, 1.807) is 0 Å². The van der Waals surface area contributed by atoms with Crippen LogP contribution in [0.3, 0.4) is 0 Å². The fourth-order valence-electron chi connectivity index (χ4n) is 4.83. The van der Waals surface area contributed by atoms with E-state index in [9.17, 15) is 0 Å². The smallest absolute Gasteiger partial charge is 0.204 e. The predicted molar refractivity (Wildman–Crippen MR) is 141 cm³/mol. The maximum Gasteiger partial charge on any atom is 0.204 e. The molecule has 0 aromatic heterocycles. The van der Waals surface area contributed by atoms with Crippen LogP contribution in [0.15, 0.2) is 30.3 Å². The summed E-state index contributed by atoms with van der Waals surface area (Å²) in [5.74, 6) is 0.444. The first-order valence-electron chi connectivity index (χ1n) is 11.4. The van der Waals surface area contributed by atoms with Gasteiger partial charge < -0.3 is 4.52 Å². The molecule has 0 bridgehead atoms. The van der Waals surface area contributed by atoms with Crippen LogP contribution >= 0.6 is 18.2 Å². The molecule has 0 spiro atoms. The van der Waals surface area contributed by atoms with Crippen LogP contribution in [0.1, 0.15) is 37.4 Å². The van der Waals surface area contributed by atoms with E-state index in [1.807, 2.05) is 6.07 Å². The van der Waals surface area contributed by atoms with Crippen molar-refractivity contribution < 1.29 is 4.52 Å². The zero-order chi connectivity index (χ0) is 22.2. The lowest BCUT2D eigenvalue weighted by Crippen LogP contribution is -2.46. The molecular weight excluding hydrogens is 463 g/mol. The Labute approximate surface area is 196 Å². The van der Waals surface area contributed by atoms with Crippen LogP contribution in [0.25, 0.3) is 0 Å². The molecule has 1 heterocycles. The summed E-state index contributed by atoms with van der Waals surface area (Å²) in [6, 6.07) is 11.6. The van der Waals surface area contributed by atoms with Gasteiger partial charge in [0.2, 0.25) is 6.57 Å². The third-order valence-corrected chi connectivity index (χ3v) is 13.6. The van der Waals surface area contributed by atoms with Gasteiger partial charge in [-0.15, -0.1) is 11.6 Å². The van der Waals surface area contributed by atoms with E-state index in [0.717, 1.165) is 17.9 Å². The van der Waals surface area contributed by atoms with E-state index < -0.39 is 22.7 Å². The van der Waals surface area contributed by atoms with Gasteiger partial charge in [-0.3, -0.25) is 0 Å². The van der Waals surface area contributed by atoms with Crippen molar-refractivity contribution in [3.8, 4) is 0 Å². The maximum atomic E-state index is 7.03. The molecule has 1 aliphatic heterocycles. The van der Waals surface area contributed by atoms with Gasteiger partial charge in [0, 0.05) is 24.4 Å². The number of hydrogen-bond acceptors (Lipinski definition) is 2. The molecule has 8 heteroatoms. The van der Waals surface area contributed by atoms with Crippen LogP contribution in [0, 0.1) is 0 Å². The van der Waals surface area contributed by atoms with E-state index in [-0.39, 0.29) is 6.10 Å². The Bertz CT molecular complexity index is 720. The van der Waals surface area contributed by atoms with Crippen LogP contribution < -0.4 is 0 Å². The van der Waals surface area contributed by atoms with Gasteiger partial charge in [-0.05, 0) is 30.2 Å². The van der Waals surface area contributed by atoms with Crippen LogP contribution in [-0.2, 0) is 16.3 Å². The standard InChI is InChI=1S/C22H40ClN2OPSSi2/c1-29(2,3)17-24-20-14-10-11-15-21(20)25(18-30(4,5)6)27(24,28)26-22(16-23)19-12-8-7-9-13-19/h7-9,12-13,20-22H,10-11,14-18H2,1-6H3/t20-,21-,22+/m1/s1. The lowest BCUT2D eigenvalue weighted by molar-refractivity contribution is 0.221. The van der Waals surface area contributed by atoms with E-state index in [2.05, 4.69) is 72.9 Å². The van der Waals surface area contributed by atoms with Crippen molar-refractivity contribution in [3.05, 3.63) is 35.9 Å². The molecular formula is C22H40ClN2OPSSi2. The van der Waals surface area contributed by atoms with Gasteiger partial charge in [-0.2, -0.15) is 0 Å². The first-order chi connectivity index (χ1) is 13.9. The fourth-order valence-corrected chi connectivity index (χ4v) is 16.0. The van der Waals surface area contributed by atoms with Gasteiger partial charge in [-0.1, -0.05) is 82.5 Å². The summed E-state index contributed by atoms with van der Waals surface area (Å²) in [7, 11) is -2.71. The first kappa shape index (κ1) is 25.1. The normalized spacial score (nSPS) is 26.5. The summed E-state index contributed by atoms with van der Waals surface area (Å²) >= 11 is 13.1. The van der Waals surface area contributed by atoms with E-state index in [0.29, 0.717) is 18.0 Å². The molecule has 30 heavy (non-hydrogen) atoms. The summed E-state index contributed by atoms with van der Waals surface area (Å²) in [4.78, 5) is 0. The van der Waals surface area contributed by atoms with Gasteiger partial charge in [0.05, 0.1) is 22.0 Å². The number of alkyl halides is 1. The molecule has 170 valence electrons. The number of benzene rings is 1. The highest BCUT2D eigenvalue weighted by molar-refractivity contribution is 8.10. The van der Waals surface area contributed by atoms with Crippen molar-refractivity contribution in [1.29, 1.82) is 0 Å². The average Bonchev–Trinajstić information content (AvgIpc) is 2.87. The molecule has 2 aliphatic rings. The highest BCUT2D eigenvalue weighted by Crippen LogP contribution is 2.66. The number of hydrogen-bond donors (Lipinski definition) is 0. The van der Waals surface area contributed by atoms with Crippen LogP contribution in [0.5, 0.6) is 0 Å². The lowest BCUT2D eigenvalue weighted by Gasteiger charge is -2.41. The third kappa shape index (κ3) is 5.88. The number of rotatable bonds is 8. The second-order valence-corrected chi connectivity index (χ2v) is 26.2. The quantitative estimate of drug-likeness (QED) is 0.218. The summed E-state index contributed by atoms with van der Waals surface area (Å²) in [6.07, 6.45) is 7.25. The van der Waals surface area contributed by atoms with E-state index >= 15 is 0 Å². The molecule has 3 rings (SSSR count). The average molecular weight is 503 g/mol. The van der Waals surface area contributed by atoms with Gasteiger partial charge >= 0.3 is 0 Å². The Morgan fingerprint density at radius 3 is 1.83 bits per heavy atom. The first-order valence-corrected chi connectivity index (χ1v) is 22.0. The summed E-state index contributed by atoms with van der Waals surface area (Å²) < 4.78 is 12.4. The Balaban J connectivity index is 2.03. The summed E-state index contributed by atoms with van der Waals surface area (Å²) in [5.41, 5.74) is 1.15. The fraction of sp³-hybridized carbons (Fsp3) is 0.727. The van der Waals surface area contributed by atoms with Gasteiger partial charge in [0.15, 0.2) is 0 Å². The SMILES string of the molecule is C[Si](C)(C)CN1[C@@H]2CCCC[C@H]2N(C[Si](C)(C)C)P1(=S)O[C@@H](CCl)c1ccccc1. The van der Waals surface area contributed by atoms with Gasteiger partial charge in [0.1, 0.15) is 6.10 Å². The Morgan fingerprint density at radius 1 is 0.967 bits per heavy atom. The second kappa shape index (κ2) is 9.76. The largest absolute Gasteiger partial charge is 0.317 e. The molecule has 1 aliphatic carbocycles. The Hall–Kier alpha value is 0.474. The van der Waals surface area contributed by atoms with Crippen LogP contribution in [0.2, 0.25) is 39.3 Å². The van der Waals surface area contributed by atoms with Crippen molar-refractivity contribution in [1.82, 2.24) is 9.34 Å². The van der Waals surface area contributed by atoms with E-state index in [1.165, 1.54) is 25.7 Å². The van der Waals surface area contributed by atoms with Crippen molar-refractivity contribution in [2.24, 2.45) is 0 Å². The van der Waals surface area contributed by atoms with Crippen molar-refractivity contribution in [2.45, 2.75) is 83.2 Å². The topological polar surface area (TPSA) is 15.7 Å². The lowest BCUT2D eigenvalue weighted by atomic mass is 9.90. The molecule has 0 N–H and O–H groups in total. The summed E-state index contributed by atoms with van der Waals surface area (Å²) in [6.45, 7) is 12.4. The molecule has 3 atom stereocenters. The molecule has 1 aromatic rings. The molecule has 0 unspecified atom stereocenters. The maximum absolute atomic E-state index is 7.03. The van der Waals surface area contributed by atoms with Crippen molar-refractivity contribution in [2.75, 3.05) is 18.2 Å². The molecule has 3 nitrogen and oxygen atoms in total. The van der Waals surface area contributed by atoms with E-state index in [4.69, 9.17) is 27.9 Å². The molecule has 1 saturated heterocycles. The van der Waals surface area contributed by atoms with Crippen molar-refractivity contribution in [3.63, 3.8) is 0 Å². The zero-order valence-electron chi connectivity index (χ0n) is 19.6. The minimum atomic E-state index is -2.34. The highest BCUT2D eigenvalue weighted by atomic mass is 35.5. The predicted octanol–water partition coefficient (Wildman–Crippen LogP) is 6.89. The minimum absolute atomic E-state index is 0.146. The zero-order valence-corrected chi connectivity index (χ0v) is 24.1. The number of fused-ring (bicyclic) bond motifs is 1. The number of halogens is 1. The van der Waals surface area contributed by atoms with Crippen LogP contribution in [0.4, 0.5) is 0 Å². The van der Waals surface area contributed by atoms with Crippen LogP contribution in [-0.4, -0.2) is 55.8 Å². The Morgan fingerprint density at radius 2 is 1.43 bits per heavy atom. The van der Waals surface area contributed by atoms with Gasteiger partial charge in [-0.25, -0.2) is 9.34 Å². The third-order valence-electron chi connectivity index (χ3n) is 5.96. The highest BCUT2D eigenvalue weighted by Gasteiger charge is 2.55. The second-order valence-electron chi connectivity index (χ2n) is 11.4. The Kier molecular flexibility index (Phi) is 8.17. The summed E-state index contributed by atoms with van der Waals surface area (Å²) in [5, 5.41) is 0. The molecule has 1 aromatic carbocycles. The molecule has 2 fully saturated rings. The van der Waals surface area contributed by atoms with Gasteiger partial charge in [0.25, 0.3) is 0 Å². The minimum Gasteiger partial charge on any atom is -0.317 e. The molecule has 0 amide bonds.